The molecule has 0 bridgehead atoms. The van der Waals surface area contributed by atoms with Crippen molar-refractivity contribution in [2.75, 3.05) is 0 Å². The molecule has 0 aliphatic carbocycles. The van der Waals surface area contributed by atoms with Gasteiger partial charge in [-0.1, -0.05) is 18.2 Å². The molecule has 2 heterocycles. The van der Waals surface area contributed by atoms with Gasteiger partial charge in [0.25, 0.3) is 0 Å². The van der Waals surface area contributed by atoms with Crippen LogP contribution in [0.25, 0.3) is 10.9 Å². The van der Waals surface area contributed by atoms with Gasteiger partial charge in [-0.2, -0.15) is 0 Å². The number of aryl methyl sites for hydroxylation is 2. The van der Waals surface area contributed by atoms with Crippen LogP contribution < -0.4 is 10.5 Å². The molecule has 0 saturated carbocycles. The second kappa shape index (κ2) is 8.12. The fraction of sp³-hybridized carbons (Fsp3) is 0.136. The summed E-state index contributed by atoms with van der Waals surface area (Å²) >= 11 is 3.65. The van der Waals surface area contributed by atoms with E-state index in [0.717, 1.165) is 45.3 Å². The van der Waals surface area contributed by atoms with Crippen LogP contribution in [0.1, 0.15) is 11.1 Å². The van der Waals surface area contributed by atoms with Crippen molar-refractivity contribution in [1.82, 2.24) is 9.55 Å². The lowest BCUT2D eigenvalue weighted by atomic mass is 10.1. The number of pyridine rings is 1. The molecule has 2 aromatic carbocycles. The van der Waals surface area contributed by atoms with Gasteiger partial charge in [-0.25, -0.2) is 9.37 Å². The number of nitrogens with zero attached hydrogens (tertiary/aromatic N) is 2. The third kappa shape index (κ3) is 3.93. The van der Waals surface area contributed by atoms with Crippen molar-refractivity contribution >= 4 is 26.8 Å². The molecule has 142 valence electrons. The maximum atomic E-state index is 13.1. The van der Waals surface area contributed by atoms with Gasteiger partial charge in [-0.3, -0.25) is 0 Å². The number of hydrogen-bond donors (Lipinski definition) is 1. The van der Waals surface area contributed by atoms with Gasteiger partial charge in [0.15, 0.2) is 0 Å². The van der Waals surface area contributed by atoms with Gasteiger partial charge in [0.05, 0.1) is 10.1 Å². The van der Waals surface area contributed by atoms with Crippen molar-refractivity contribution in [3.63, 3.8) is 0 Å². The lowest BCUT2D eigenvalue weighted by Crippen LogP contribution is -2.01. The van der Waals surface area contributed by atoms with Gasteiger partial charge in [0.1, 0.15) is 11.6 Å². The SMILES string of the molecule is NCc1ccnc(Oc2cccc3c2cc(Br)n3CCc2ccc(F)cc2)c1. The van der Waals surface area contributed by atoms with E-state index in [-0.39, 0.29) is 5.82 Å². The third-order valence-corrected chi connectivity index (χ3v) is 5.30. The number of halogens is 2. The Bertz CT molecular complexity index is 1110. The molecule has 4 aromatic rings. The Labute approximate surface area is 170 Å². The Morgan fingerprint density at radius 3 is 2.64 bits per heavy atom. The van der Waals surface area contributed by atoms with Gasteiger partial charge in [-0.05, 0) is 69.9 Å². The molecule has 0 atom stereocenters. The summed E-state index contributed by atoms with van der Waals surface area (Å²) in [5, 5.41) is 0.994. The topological polar surface area (TPSA) is 53.1 Å². The van der Waals surface area contributed by atoms with Gasteiger partial charge >= 0.3 is 0 Å². The first kappa shape index (κ1) is 18.7. The van der Waals surface area contributed by atoms with E-state index >= 15 is 0 Å². The fourth-order valence-electron chi connectivity index (χ4n) is 3.18. The predicted molar refractivity (Wildman–Crippen MR) is 112 cm³/mol. The van der Waals surface area contributed by atoms with Crippen LogP contribution in [0.2, 0.25) is 0 Å². The molecule has 0 aliphatic heterocycles. The first-order chi connectivity index (χ1) is 13.6. The monoisotopic (exact) mass is 439 g/mol. The zero-order chi connectivity index (χ0) is 19.5. The van der Waals surface area contributed by atoms with Gasteiger partial charge in [-0.15, -0.1) is 0 Å². The lowest BCUT2D eigenvalue weighted by molar-refractivity contribution is 0.467. The zero-order valence-electron chi connectivity index (χ0n) is 15.1. The van der Waals surface area contributed by atoms with E-state index in [9.17, 15) is 4.39 Å². The average Bonchev–Trinajstić information content (AvgIpc) is 3.04. The number of rotatable bonds is 6. The summed E-state index contributed by atoms with van der Waals surface area (Å²) in [7, 11) is 0. The number of fused-ring (bicyclic) bond motifs is 1. The molecular formula is C22H19BrFN3O. The minimum atomic E-state index is -0.217. The molecule has 0 radical (unpaired) electrons. The van der Waals surface area contributed by atoms with Crippen molar-refractivity contribution in [2.24, 2.45) is 5.73 Å². The van der Waals surface area contributed by atoms with Crippen LogP contribution in [0.4, 0.5) is 4.39 Å². The van der Waals surface area contributed by atoms with Crippen molar-refractivity contribution < 1.29 is 9.13 Å². The number of benzene rings is 2. The van der Waals surface area contributed by atoms with Crippen LogP contribution >= 0.6 is 15.9 Å². The van der Waals surface area contributed by atoms with Gasteiger partial charge in [0.2, 0.25) is 5.88 Å². The molecule has 0 unspecified atom stereocenters. The summed E-state index contributed by atoms with van der Waals surface area (Å²) in [5.74, 6) is 1.04. The number of ether oxygens (including phenoxy) is 1. The summed E-state index contributed by atoms with van der Waals surface area (Å²) in [5.41, 5.74) is 8.81. The minimum Gasteiger partial charge on any atom is -0.438 e. The molecule has 28 heavy (non-hydrogen) atoms. The summed E-state index contributed by atoms with van der Waals surface area (Å²) in [6, 6.07) is 18.3. The van der Waals surface area contributed by atoms with Crippen LogP contribution in [0.5, 0.6) is 11.6 Å². The van der Waals surface area contributed by atoms with Crippen molar-refractivity contribution in [3.8, 4) is 11.6 Å². The molecule has 0 fully saturated rings. The second-order valence-electron chi connectivity index (χ2n) is 6.49. The quantitative estimate of drug-likeness (QED) is 0.435. The highest BCUT2D eigenvalue weighted by atomic mass is 79.9. The summed E-state index contributed by atoms with van der Waals surface area (Å²) in [4.78, 5) is 4.27. The standard InChI is InChI=1S/C22H19BrFN3O/c23-21-13-18-19(27(21)11-9-15-4-6-17(24)7-5-15)2-1-3-20(18)28-22-12-16(14-25)8-10-26-22/h1-8,10,12-13H,9,11,14,25H2. The summed E-state index contributed by atoms with van der Waals surface area (Å²) < 4.78 is 22.3. The third-order valence-electron chi connectivity index (χ3n) is 4.64. The van der Waals surface area contributed by atoms with Crippen molar-refractivity contribution in [2.45, 2.75) is 19.5 Å². The highest BCUT2D eigenvalue weighted by Gasteiger charge is 2.12. The van der Waals surface area contributed by atoms with Crippen LogP contribution in [0.3, 0.4) is 0 Å². The second-order valence-corrected chi connectivity index (χ2v) is 7.31. The van der Waals surface area contributed by atoms with E-state index in [1.165, 1.54) is 12.1 Å². The summed E-state index contributed by atoms with van der Waals surface area (Å²) in [6.45, 7) is 1.20. The van der Waals surface area contributed by atoms with Gasteiger partial charge < -0.3 is 15.0 Å². The normalized spacial score (nSPS) is 11.1. The minimum absolute atomic E-state index is 0.217. The smallest absolute Gasteiger partial charge is 0.219 e. The molecule has 4 rings (SSSR count). The summed E-state index contributed by atoms with van der Waals surface area (Å²) in [6.07, 6.45) is 2.50. The Kier molecular flexibility index (Phi) is 5.41. The molecule has 2 aromatic heterocycles. The Morgan fingerprint density at radius 2 is 1.86 bits per heavy atom. The highest BCUT2D eigenvalue weighted by molar-refractivity contribution is 9.10. The first-order valence-corrected chi connectivity index (χ1v) is 9.78. The van der Waals surface area contributed by atoms with E-state index in [2.05, 4.69) is 31.5 Å². The fourth-order valence-corrected chi connectivity index (χ4v) is 3.78. The van der Waals surface area contributed by atoms with E-state index in [1.807, 2.05) is 42.5 Å². The Balaban J connectivity index is 1.62. The molecule has 0 amide bonds. The predicted octanol–water partition coefficient (Wildman–Crippen LogP) is 5.43. The highest BCUT2D eigenvalue weighted by Crippen LogP contribution is 2.34. The van der Waals surface area contributed by atoms with Crippen LogP contribution in [0, 0.1) is 5.82 Å². The zero-order valence-corrected chi connectivity index (χ0v) is 16.7. The van der Waals surface area contributed by atoms with Crippen LogP contribution in [0.15, 0.2) is 71.5 Å². The van der Waals surface area contributed by atoms with E-state index in [4.69, 9.17) is 10.5 Å². The molecule has 0 spiro atoms. The number of nitrogens with two attached hydrogens (primary N) is 1. The largest absolute Gasteiger partial charge is 0.438 e. The number of hydrogen-bond acceptors (Lipinski definition) is 3. The average molecular weight is 440 g/mol. The van der Waals surface area contributed by atoms with Crippen LogP contribution in [-0.4, -0.2) is 9.55 Å². The molecule has 6 heteroatoms. The van der Waals surface area contributed by atoms with Crippen molar-refractivity contribution in [3.05, 3.63) is 88.4 Å². The number of aromatic nitrogens is 2. The Morgan fingerprint density at radius 1 is 1.04 bits per heavy atom. The molecule has 0 aliphatic rings. The van der Waals surface area contributed by atoms with E-state index in [1.54, 1.807) is 6.20 Å². The molecular weight excluding hydrogens is 421 g/mol. The maximum Gasteiger partial charge on any atom is 0.219 e. The molecule has 0 saturated heterocycles. The maximum absolute atomic E-state index is 13.1. The van der Waals surface area contributed by atoms with E-state index < -0.39 is 0 Å². The lowest BCUT2D eigenvalue weighted by Gasteiger charge is -2.10. The molecule has 2 N–H and O–H groups in total. The van der Waals surface area contributed by atoms with E-state index in [0.29, 0.717) is 12.4 Å². The van der Waals surface area contributed by atoms with Crippen molar-refractivity contribution in [1.29, 1.82) is 0 Å². The molecule has 4 nitrogen and oxygen atoms in total. The Hall–Kier alpha value is -2.70. The van der Waals surface area contributed by atoms with Crippen LogP contribution in [-0.2, 0) is 19.5 Å². The first-order valence-electron chi connectivity index (χ1n) is 8.99. The van der Waals surface area contributed by atoms with Gasteiger partial charge in [0, 0.05) is 30.7 Å².